The van der Waals surface area contributed by atoms with Crippen molar-refractivity contribution in [3.63, 3.8) is 0 Å². The van der Waals surface area contributed by atoms with Crippen molar-refractivity contribution in [2.45, 2.75) is 19.5 Å². The number of aryl methyl sites for hydroxylation is 1. The van der Waals surface area contributed by atoms with Gasteiger partial charge in [0.1, 0.15) is 0 Å². The molecule has 0 spiro atoms. The Balaban J connectivity index is 2.18. The molecule has 1 nitrogen and oxygen atoms in total. The number of Topliss-reactive ketones (excluding diaryl/α,β-unsaturated/α-hetero) is 1. The number of benzene rings is 2. The summed E-state index contributed by atoms with van der Waals surface area (Å²) in [7, 11) is 0. The summed E-state index contributed by atoms with van der Waals surface area (Å²) in [5.41, 5.74) is 1.48. The van der Waals surface area contributed by atoms with Crippen molar-refractivity contribution in [2.24, 2.45) is 0 Å². The van der Waals surface area contributed by atoms with Crippen LogP contribution in [-0.4, -0.2) is 5.78 Å². The Hall–Kier alpha value is -1.37. The van der Waals surface area contributed by atoms with Gasteiger partial charge < -0.3 is 0 Å². The second-order valence-electron chi connectivity index (χ2n) is 4.73. The molecule has 0 unspecified atom stereocenters. The molecule has 0 radical (unpaired) electrons. The molecule has 2 aromatic rings. The first-order chi connectivity index (χ1) is 9.79. The van der Waals surface area contributed by atoms with Crippen LogP contribution < -0.4 is 0 Å². The average molecular weight is 404 g/mol. The van der Waals surface area contributed by atoms with E-state index in [0.717, 1.165) is 21.3 Å². The number of ketones is 1. The molecule has 0 saturated heterocycles. The highest BCUT2D eigenvalue weighted by Crippen LogP contribution is 2.29. The summed E-state index contributed by atoms with van der Waals surface area (Å²) in [4.78, 5) is 12.2. The maximum Gasteiger partial charge on any atom is 0.416 e. The lowest BCUT2D eigenvalue weighted by Crippen LogP contribution is -2.08. The maximum absolute atomic E-state index is 12.5. The molecule has 0 aliphatic heterocycles. The first kappa shape index (κ1) is 16.0. The number of halogens is 4. The summed E-state index contributed by atoms with van der Waals surface area (Å²) >= 11 is 2.11. The molecule has 0 bridgehead atoms. The van der Waals surface area contributed by atoms with Gasteiger partial charge in [-0.25, -0.2) is 0 Å². The third kappa shape index (κ3) is 3.84. The van der Waals surface area contributed by atoms with Crippen molar-refractivity contribution in [1.82, 2.24) is 0 Å². The third-order valence-corrected chi connectivity index (χ3v) is 4.57. The van der Waals surface area contributed by atoms with Crippen molar-refractivity contribution in [3.8, 4) is 0 Å². The van der Waals surface area contributed by atoms with Gasteiger partial charge in [0.05, 0.1) is 5.56 Å². The first-order valence-corrected chi connectivity index (χ1v) is 7.31. The van der Waals surface area contributed by atoms with E-state index < -0.39 is 11.7 Å². The summed E-state index contributed by atoms with van der Waals surface area (Å²) in [5, 5.41) is 0. The van der Waals surface area contributed by atoms with Gasteiger partial charge in [0.2, 0.25) is 0 Å². The number of alkyl halides is 3. The highest BCUT2D eigenvalue weighted by atomic mass is 127. The molecule has 2 rings (SSSR count). The van der Waals surface area contributed by atoms with E-state index in [2.05, 4.69) is 22.6 Å². The normalized spacial score (nSPS) is 11.5. The van der Waals surface area contributed by atoms with Gasteiger partial charge in [-0.1, -0.05) is 30.3 Å². The van der Waals surface area contributed by atoms with Crippen molar-refractivity contribution in [2.75, 3.05) is 0 Å². The van der Waals surface area contributed by atoms with Gasteiger partial charge >= 0.3 is 6.18 Å². The third-order valence-electron chi connectivity index (χ3n) is 3.14. The van der Waals surface area contributed by atoms with Crippen molar-refractivity contribution in [3.05, 3.63) is 68.3 Å². The van der Waals surface area contributed by atoms with Crippen molar-refractivity contribution in [1.29, 1.82) is 0 Å². The van der Waals surface area contributed by atoms with E-state index in [1.807, 2.05) is 13.0 Å². The fraction of sp³-hybridized carbons (Fsp3) is 0.188. The minimum Gasteiger partial charge on any atom is -0.294 e. The molecule has 0 atom stereocenters. The average Bonchev–Trinajstić information content (AvgIpc) is 2.41. The molecule has 21 heavy (non-hydrogen) atoms. The maximum atomic E-state index is 12.5. The fourth-order valence-electron chi connectivity index (χ4n) is 1.95. The number of carbonyl (C=O) groups is 1. The van der Waals surface area contributed by atoms with Gasteiger partial charge in [0.25, 0.3) is 0 Å². The smallest absolute Gasteiger partial charge is 0.294 e. The van der Waals surface area contributed by atoms with E-state index in [1.54, 1.807) is 12.1 Å². The molecule has 0 aromatic heterocycles. The van der Waals surface area contributed by atoms with Crippen LogP contribution in [0.1, 0.15) is 27.0 Å². The van der Waals surface area contributed by atoms with Crippen LogP contribution >= 0.6 is 22.6 Å². The molecule has 5 heteroatoms. The van der Waals surface area contributed by atoms with Crippen LogP contribution in [0.25, 0.3) is 0 Å². The SMILES string of the molecule is Cc1cccc(C(=O)Cc2ccc(C(F)(F)F)cc2)c1I. The van der Waals surface area contributed by atoms with Crippen LogP contribution in [0, 0.1) is 10.5 Å². The topological polar surface area (TPSA) is 17.1 Å². The summed E-state index contributed by atoms with van der Waals surface area (Å²) in [6, 6.07) is 10.2. The van der Waals surface area contributed by atoms with Crippen LogP contribution in [0.3, 0.4) is 0 Å². The summed E-state index contributed by atoms with van der Waals surface area (Å²) in [6.45, 7) is 1.91. The van der Waals surface area contributed by atoms with E-state index in [1.165, 1.54) is 12.1 Å². The van der Waals surface area contributed by atoms with Gasteiger partial charge in [0.15, 0.2) is 5.78 Å². The second kappa shape index (κ2) is 6.17. The van der Waals surface area contributed by atoms with Crippen LogP contribution in [0.5, 0.6) is 0 Å². The summed E-state index contributed by atoms with van der Waals surface area (Å²) < 4.78 is 38.3. The monoisotopic (exact) mass is 404 g/mol. The minimum absolute atomic E-state index is 0.0946. The van der Waals surface area contributed by atoms with E-state index in [0.29, 0.717) is 11.1 Å². The predicted octanol–water partition coefficient (Wildman–Crippen LogP) is 5.04. The van der Waals surface area contributed by atoms with Gasteiger partial charge in [0, 0.05) is 15.6 Å². The Kier molecular flexibility index (Phi) is 4.70. The zero-order chi connectivity index (χ0) is 15.6. The Labute approximate surface area is 134 Å². The molecule has 0 aliphatic carbocycles. The molecule has 0 aliphatic rings. The highest BCUT2D eigenvalue weighted by molar-refractivity contribution is 14.1. The van der Waals surface area contributed by atoms with Gasteiger partial charge in [-0.15, -0.1) is 0 Å². The lowest BCUT2D eigenvalue weighted by molar-refractivity contribution is -0.137. The fourth-order valence-corrected chi connectivity index (χ4v) is 2.62. The van der Waals surface area contributed by atoms with E-state index in [-0.39, 0.29) is 12.2 Å². The summed E-state index contributed by atoms with van der Waals surface area (Å²) in [5.74, 6) is -0.0946. The van der Waals surface area contributed by atoms with Crippen LogP contribution in [0.2, 0.25) is 0 Å². The largest absolute Gasteiger partial charge is 0.416 e. The zero-order valence-electron chi connectivity index (χ0n) is 11.2. The van der Waals surface area contributed by atoms with E-state index in [9.17, 15) is 18.0 Å². The van der Waals surface area contributed by atoms with Crippen LogP contribution in [-0.2, 0) is 12.6 Å². The quantitative estimate of drug-likeness (QED) is 0.518. The molecule has 2 aromatic carbocycles. The Morgan fingerprint density at radius 2 is 1.71 bits per heavy atom. The second-order valence-corrected chi connectivity index (χ2v) is 5.81. The van der Waals surface area contributed by atoms with Crippen LogP contribution in [0.4, 0.5) is 13.2 Å². The standard InChI is InChI=1S/C16H12F3IO/c1-10-3-2-4-13(15(10)20)14(21)9-11-5-7-12(8-6-11)16(17,18)19/h2-8H,9H2,1H3. The van der Waals surface area contributed by atoms with Crippen molar-refractivity contribution < 1.29 is 18.0 Å². The number of carbonyl (C=O) groups excluding carboxylic acids is 1. The molecule has 0 heterocycles. The summed E-state index contributed by atoms with van der Waals surface area (Å²) in [6.07, 6.45) is -4.26. The first-order valence-electron chi connectivity index (χ1n) is 6.23. The number of hydrogen-bond acceptors (Lipinski definition) is 1. The molecule has 0 amide bonds. The number of rotatable bonds is 3. The number of hydrogen-bond donors (Lipinski definition) is 0. The lowest BCUT2D eigenvalue weighted by Gasteiger charge is -2.08. The lowest BCUT2D eigenvalue weighted by atomic mass is 10.0. The molecular weight excluding hydrogens is 392 g/mol. The molecule has 0 saturated carbocycles. The molecular formula is C16H12F3IO. The Bertz CT molecular complexity index is 660. The van der Waals surface area contributed by atoms with E-state index in [4.69, 9.17) is 0 Å². The predicted molar refractivity (Wildman–Crippen MR) is 83.4 cm³/mol. The molecule has 0 fully saturated rings. The Morgan fingerprint density at radius 3 is 2.29 bits per heavy atom. The molecule has 110 valence electrons. The minimum atomic E-state index is -4.35. The highest BCUT2D eigenvalue weighted by Gasteiger charge is 2.30. The van der Waals surface area contributed by atoms with Gasteiger partial charge in [-0.2, -0.15) is 13.2 Å². The van der Waals surface area contributed by atoms with E-state index >= 15 is 0 Å². The van der Waals surface area contributed by atoms with Gasteiger partial charge in [-0.05, 0) is 52.8 Å². The molecule has 0 N–H and O–H groups in total. The van der Waals surface area contributed by atoms with Crippen LogP contribution in [0.15, 0.2) is 42.5 Å². The van der Waals surface area contributed by atoms with Gasteiger partial charge in [-0.3, -0.25) is 4.79 Å². The van der Waals surface area contributed by atoms with Crippen molar-refractivity contribution >= 4 is 28.4 Å². The zero-order valence-corrected chi connectivity index (χ0v) is 13.3. The Morgan fingerprint density at radius 1 is 1.10 bits per heavy atom.